The summed E-state index contributed by atoms with van der Waals surface area (Å²) < 4.78 is 24.8. The first kappa shape index (κ1) is 24.5. The van der Waals surface area contributed by atoms with E-state index in [1.807, 2.05) is 38.7 Å². The smallest absolute Gasteiger partial charge is 0.338 e. The number of rotatable bonds is 11. The van der Waals surface area contributed by atoms with Crippen LogP contribution in [0.2, 0.25) is 0 Å². The van der Waals surface area contributed by atoms with Crippen LogP contribution >= 0.6 is 7.60 Å². The third-order valence-corrected chi connectivity index (χ3v) is 5.84. The van der Waals surface area contributed by atoms with Crippen molar-refractivity contribution in [2.24, 2.45) is 4.99 Å². The van der Waals surface area contributed by atoms with Gasteiger partial charge in [-0.2, -0.15) is 4.99 Å². The Bertz CT molecular complexity index is 654. The van der Waals surface area contributed by atoms with Crippen LogP contribution in [0.4, 0.5) is 0 Å². The quantitative estimate of drug-likeness (QED) is 0.278. The number of aliphatic imine (C=N–C) groups is 1. The van der Waals surface area contributed by atoms with E-state index >= 15 is 0 Å². The molecule has 0 saturated carbocycles. The summed E-state index contributed by atoms with van der Waals surface area (Å²) in [4.78, 5) is 19.1. The lowest BCUT2D eigenvalue weighted by molar-refractivity contribution is 0.100. The molecule has 0 saturated heterocycles. The van der Waals surface area contributed by atoms with Gasteiger partial charge >= 0.3 is 7.60 Å². The second kappa shape index (κ2) is 12.2. The van der Waals surface area contributed by atoms with Crippen LogP contribution < -0.4 is 0 Å². The predicted octanol–water partition coefficient (Wildman–Crippen LogP) is 5.39. The Labute approximate surface area is 169 Å². The Hall–Kier alpha value is -1.49. The summed E-state index contributed by atoms with van der Waals surface area (Å²) >= 11 is 0. The van der Waals surface area contributed by atoms with E-state index in [2.05, 4.69) is 18.8 Å². The summed E-state index contributed by atoms with van der Waals surface area (Å²) in [5.74, 6) is 0.107. The van der Waals surface area contributed by atoms with Gasteiger partial charge in [0.05, 0.1) is 12.2 Å². The van der Waals surface area contributed by atoms with Gasteiger partial charge in [0.25, 0.3) is 5.91 Å². The molecule has 0 heterocycles. The van der Waals surface area contributed by atoms with Crippen molar-refractivity contribution < 1.29 is 18.4 Å². The SMILES string of the molecule is CCCN(CCC)C(CP(=O)(OC(C)C)OC(C)C)=NC(=O)c1ccccc1. The molecule has 0 N–H and O–H groups in total. The number of nitrogens with zero attached hydrogens (tertiary/aromatic N) is 2. The van der Waals surface area contributed by atoms with Crippen LogP contribution in [-0.2, 0) is 13.6 Å². The molecule has 0 atom stereocenters. The van der Waals surface area contributed by atoms with Crippen LogP contribution in [0.1, 0.15) is 64.7 Å². The number of amides is 1. The molecule has 0 spiro atoms. The van der Waals surface area contributed by atoms with Gasteiger partial charge in [0.2, 0.25) is 0 Å². The maximum Gasteiger partial charge on any atom is 0.338 e. The molecular formula is C21H35N2O4P. The average Bonchev–Trinajstić information content (AvgIpc) is 2.60. The van der Waals surface area contributed by atoms with Crippen molar-refractivity contribution in [3.63, 3.8) is 0 Å². The van der Waals surface area contributed by atoms with Crippen molar-refractivity contribution in [1.29, 1.82) is 0 Å². The van der Waals surface area contributed by atoms with E-state index in [4.69, 9.17) is 9.05 Å². The monoisotopic (exact) mass is 410 g/mol. The fraction of sp³-hybridized carbons (Fsp3) is 0.619. The maximum absolute atomic E-state index is 13.4. The zero-order chi connectivity index (χ0) is 21.2. The first-order valence-electron chi connectivity index (χ1n) is 10.1. The molecule has 0 radical (unpaired) electrons. The highest BCUT2D eigenvalue weighted by Gasteiger charge is 2.32. The Balaban J connectivity index is 3.29. The molecule has 1 amide bonds. The minimum Gasteiger partial charge on any atom is -0.359 e. The Morgan fingerprint density at radius 3 is 1.93 bits per heavy atom. The zero-order valence-corrected chi connectivity index (χ0v) is 18.9. The summed E-state index contributed by atoms with van der Waals surface area (Å²) in [6.45, 7) is 12.8. The minimum atomic E-state index is -3.46. The van der Waals surface area contributed by atoms with Crippen molar-refractivity contribution in [3.05, 3.63) is 35.9 Å². The summed E-state index contributed by atoms with van der Waals surface area (Å²) in [6.07, 6.45) is 1.22. The van der Waals surface area contributed by atoms with E-state index in [1.165, 1.54) is 0 Å². The van der Waals surface area contributed by atoms with Crippen molar-refractivity contribution in [2.45, 2.75) is 66.6 Å². The van der Waals surface area contributed by atoms with Crippen molar-refractivity contribution in [3.8, 4) is 0 Å². The molecular weight excluding hydrogens is 375 g/mol. The van der Waals surface area contributed by atoms with Gasteiger partial charge in [-0.15, -0.1) is 0 Å². The molecule has 0 aliphatic rings. The molecule has 1 aromatic rings. The number of hydrogen-bond acceptors (Lipinski definition) is 4. The predicted molar refractivity (Wildman–Crippen MR) is 115 cm³/mol. The molecule has 1 rings (SSSR count). The largest absolute Gasteiger partial charge is 0.359 e. The summed E-state index contributed by atoms with van der Waals surface area (Å²) in [5.41, 5.74) is 0.498. The molecule has 158 valence electrons. The van der Waals surface area contributed by atoms with E-state index in [-0.39, 0.29) is 24.3 Å². The number of carbonyl (C=O) groups excluding carboxylic acids is 1. The lowest BCUT2D eigenvalue weighted by atomic mass is 10.2. The molecule has 7 heteroatoms. The van der Waals surface area contributed by atoms with Gasteiger partial charge in [0, 0.05) is 18.7 Å². The van der Waals surface area contributed by atoms with Crippen molar-refractivity contribution in [1.82, 2.24) is 4.90 Å². The number of benzene rings is 1. The van der Waals surface area contributed by atoms with Crippen molar-refractivity contribution >= 4 is 19.3 Å². The summed E-state index contributed by atoms with van der Waals surface area (Å²) in [5, 5.41) is 0. The van der Waals surface area contributed by atoms with Gasteiger partial charge in [0.15, 0.2) is 0 Å². The van der Waals surface area contributed by atoms with Gasteiger partial charge in [-0.05, 0) is 52.7 Å². The van der Waals surface area contributed by atoms with E-state index in [9.17, 15) is 9.36 Å². The first-order chi connectivity index (χ1) is 13.2. The molecule has 0 aliphatic carbocycles. The van der Waals surface area contributed by atoms with E-state index in [0.29, 0.717) is 11.4 Å². The van der Waals surface area contributed by atoms with E-state index in [1.54, 1.807) is 24.3 Å². The van der Waals surface area contributed by atoms with Crippen LogP contribution in [0.15, 0.2) is 35.3 Å². The van der Waals surface area contributed by atoms with Crippen molar-refractivity contribution in [2.75, 3.05) is 19.3 Å². The maximum atomic E-state index is 13.4. The average molecular weight is 410 g/mol. The summed E-state index contributed by atoms with van der Waals surface area (Å²) in [6, 6.07) is 8.90. The highest BCUT2D eigenvalue weighted by atomic mass is 31.2. The Morgan fingerprint density at radius 1 is 1.00 bits per heavy atom. The Kier molecular flexibility index (Phi) is 10.7. The molecule has 0 unspecified atom stereocenters. The lowest BCUT2D eigenvalue weighted by Crippen LogP contribution is -2.36. The third-order valence-electron chi connectivity index (χ3n) is 3.68. The highest BCUT2D eigenvalue weighted by Crippen LogP contribution is 2.50. The Morgan fingerprint density at radius 2 is 1.50 bits per heavy atom. The molecule has 0 bridgehead atoms. The number of carbonyl (C=O) groups is 1. The summed E-state index contributed by atoms with van der Waals surface area (Å²) in [7, 11) is -3.46. The number of hydrogen-bond donors (Lipinski definition) is 0. The molecule has 0 aliphatic heterocycles. The number of amidine groups is 1. The van der Waals surface area contributed by atoms with Gasteiger partial charge in [-0.1, -0.05) is 32.0 Å². The molecule has 0 fully saturated rings. The van der Waals surface area contributed by atoms with Gasteiger partial charge < -0.3 is 13.9 Å². The first-order valence-corrected chi connectivity index (χ1v) is 11.8. The van der Waals surface area contributed by atoms with Crippen LogP contribution in [0.5, 0.6) is 0 Å². The topological polar surface area (TPSA) is 68.2 Å². The molecule has 0 aromatic heterocycles. The minimum absolute atomic E-state index is 0.0259. The van der Waals surface area contributed by atoms with Crippen LogP contribution in [-0.4, -0.2) is 48.1 Å². The van der Waals surface area contributed by atoms with Gasteiger partial charge in [0.1, 0.15) is 12.0 Å². The zero-order valence-electron chi connectivity index (χ0n) is 18.1. The van der Waals surface area contributed by atoms with Crippen LogP contribution in [0.25, 0.3) is 0 Å². The highest BCUT2D eigenvalue weighted by molar-refractivity contribution is 7.55. The molecule has 1 aromatic carbocycles. The molecule has 6 nitrogen and oxygen atoms in total. The van der Waals surface area contributed by atoms with E-state index in [0.717, 1.165) is 25.9 Å². The normalized spacial score (nSPS) is 12.6. The van der Waals surface area contributed by atoms with Crippen LogP contribution in [0, 0.1) is 0 Å². The van der Waals surface area contributed by atoms with E-state index < -0.39 is 7.60 Å². The second-order valence-corrected chi connectivity index (χ2v) is 9.22. The molecule has 28 heavy (non-hydrogen) atoms. The van der Waals surface area contributed by atoms with Crippen LogP contribution in [0.3, 0.4) is 0 Å². The third kappa shape index (κ3) is 8.68. The van der Waals surface area contributed by atoms with Gasteiger partial charge in [-0.3, -0.25) is 9.36 Å². The fourth-order valence-electron chi connectivity index (χ4n) is 2.79. The second-order valence-electron chi connectivity index (χ2n) is 7.26. The lowest BCUT2D eigenvalue weighted by Gasteiger charge is -2.29. The standard InChI is InChI=1S/C21H35N2O4P/c1-7-14-23(15-8-2)20(22-21(24)19-12-10-9-11-13-19)16-28(25,26-17(3)4)27-18(5)6/h9-13,17-18H,7-8,14-16H2,1-6H3. The fourth-order valence-corrected chi connectivity index (χ4v) is 4.89. The van der Waals surface area contributed by atoms with Gasteiger partial charge in [-0.25, -0.2) is 0 Å².